The predicted octanol–water partition coefficient (Wildman–Crippen LogP) is 11.0. The van der Waals surface area contributed by atoms with Gasteiger partial charge in [0.25, 0.3) is 5.91 Å². The van der Waals surface area contributed by atoms with E-state index in [1.165, 1.54) is 0 Å². The monoisotopic (exact) mass is 1390 g/mol. The Kier molecular flexibility index (Phi) is 27.2. The van der Waals surface area contributed by atoms with Gasteiger partial charge in [-0.05, 0) is 140 Å². The van der Waals surface area contributed by atoms with E-state index in [9.17, 15) is 19.2 Å². The Hall–Kier alpha value is -7.55. The van der Waals surface area contributed by atoms with Gasteiger partial charge in [0.15, 0.2) is 21.3 Å². The molecule has 24 nitrogen and oxygen atoms in total. The number of anilines is 7. The fraction of sp³-hybridized carbons (Fsp3) is 0.514. The minimum atomic E-state index is -0.512. The van der Waals surface area contributed by atoms with Gasteiger partial charge in [-0.2, -0.15) is 0 Å². The number of nitrogens with one attached hydrogen (secondary N) is 3. The molecule has 8 heterocycles. The van der Waals surface area contributed by atoms with E-state index in [0.717, 1.165) is 235 Å². The number of nitrogens with zero attached hydrogens (tertiary/aromatic N) is 10. The van der Waals surface area contributed by atoms with Gasteiger partial charge in [0.2, 0.25) is 5.78 Å². The van der Waals surface area contributed by atoms with E-state index < -0.39 is 17.1 Å². The highest BCUT2D eigenvalue weighted by Crippen LogP contribution is 2.31. The number of ether oxygens (including phenoxy) is 6. The maximum atomic E-state index is 11.8. The number of Topliss-reactive ketones (excluding diaryl/α,β-unsaturated/α-hetero) is 1. The highest BCUT2D eigenvalue weighted by Gasteiger charge is 2.25. The molecule has 5 aliphatic heterocycles. The highest BCUT2D eigenvalue weighted by molar-refractivity contribution is 6.42. The van der Waals surface area contributed by atoms with E-state index in [2.05, 4.69) is 79.8 Å². The standard InChI is InChI=1S/C23H35N5O3.C22H31ClN4O3.C13H14N2O3.C12H11Cl2N3O/c1-23(2,3)31-21(29)7-5-4-6-10-25-22-20(16-24)26-18-9-8-17(15-19(18)27-22)28-11-13-30-14-12-28;1-22(2,3)30-19(28)7-5-4-6-10-24-21-20(23)25-17-9-8-16(15-18(17)26-21)27-11-13-29-14-12-27;16-12-7-9-1-2-10(8-11(9)14-13(12)17)15-3-5-18-6-4-15;13-11-12(14)16-10-7-8(1-2-9(10)15-11)17-3-5-18-6-4-17/h8-9,15H,4-7,10-14,16,24H2,1-3H3,(H,25,27);8-9,15H,4-7,10-14H2,1-3H3,(H,24,26);1-2,8H,3-7H2,(H,14,17);1-2,7H,3-6H2. The van der Waals surface area contributed by atoms with Gasteiger partial charge in [-0.25, -0.2) is 29.9 Å². The van der Waals surface area contributed by atoms with Gasteiger partial charge < -0.3 is 69.7 Å². The van der Waals surface area contributed by atoms with Crippen LogP contribution in [0.3, 0.4) is 0 Å². The molecule has 0 atom stereocenters. The summed E-state index contributed by atoms with van der Waals surface area (Å²) in [7, 11) is 0. The number of carbonyl (C=O) groups is 4. The number of halogens is 3. The zero-order valence-corrected chi connectivity index (χ0v) is 58.8. The van der Waals surface area contributed by atoms with Crippen molar-refractivity contribution < 1.29 is 47.6 Å². The maximum Gasteiger partial charge on any atom is 0.306 e. The average Bonchev–Trinajstić information content (AvgIpc) is 0.846. The van der Waals surface area contributed by atoms with E-state index in [1.54, 1.807) is 0 Å². The second kappa shape index (κ2) is 35.8. The van der Waals surface area contributed by atoms with Gasteiger partial charge in [-0.15, -0.1) is 0 Å². The highest BCUT2D eigenvalue weighted by atomic mass is 35.5. The van der Waals surface area contributed by atoms with Crippen molar-refractivity contribution in [3.63, 3.8) is 0 Å². The number of fused-ring (bicyclic) bond motifs is 4. The molecule has 5 aliphatic rings. The summed E-state index contributed by atoms with van der Waals surface area (Å²) in [6.45, 7) is 26.0. The molecule has 0 radical (unpaired) electrons. The van der Waals surface area contributed by atoms with Crippen molar-refractivity contribution in [3.05, 3.63) is 99.5 Å². The van der Waals surface area contributed by atoms with Crippen LogP contribution in [-0.4, -0.2) is 183 Å². The third-order valence-electron chi connectivity index (χ3n) is 16.1. The Bertz CT molecular complexity index is 3800. The van der Waals surface area contributed by atoms with Crippen LogP contribution in [0.15, 0.2) is 72.8 Å². The van der Waals surface area contributed by atoms with Crippen LogP contribution in [0.4, 0.5) is 40.1 Å². The zero-order chi connectivity index (χ0) is 68.9. The van der Waals surface area contributed by atoms with E-state index in [1.807, 2.05) is 90.1 Å². The fourth-order valence-corrected chi connectivity index (χ4v) is 11.7. The molecule has 27 heteroatoms. The van der Waals surface area contributed by atoms with Crippen molar-refractivity contribution in [3.8, 4) is 0 Å². The number of benzene rings is 4. The van der Waals surface area contributed by atoms with Crippen molar-refractivity contribution >= 4 is 132 Å². The molecule has 7 aromatic rings. The molecule has 0 saturated carbocycles. The lowest BCUT2D eigenvalue weighted by molar-refractivity contribution is -0.156. The summed E-state index contributed by atoms with van der Waals surface area (Å²) < 4.78 is 32.2. The van der Waals surface area contributed by atoms with Gasteiger partial charge in [0.05, 0.1) is 91.6 Å². The third-order valence-corrected chi connectivity index (χ3v) is 17.0. The van der Waals surface area contributed by atoms with E-state index >= 15 is 0 Å². The third kappa shape index (κ3) is 22.8. The zero-order valence-electron chi connectivity index (χ0n) is 56.5. The minimum absolute atomic E-state index is 0.137. The van der Waals surface area contributed by atoms with Crippen molar-refractivity contribution in [2.24, 2.45) is 5.73 Å². The van der Waals surface area contributed by atoms with Crippen molar-refractivity contribution in [1.82, 2.24) is 29.9 Å². The number of hydrogen-bond donors (Lipinski definition) is 4. The van der Waals surface area contributed by atoms with Crippen LogP contribution >= 0.6 is 34.8 Å². The lowest BCUT2D eigenvalue weighted by atomic mass is 10.0. The summed E-state index contributed by atoms with van der Waals surface area (Å²) in [5.74, 6) is 0.164. The number of esters is 2. The topological polar surface area (TPSA) is 276 Å². The van der Waals surface area contributed by atoms with Crippen LogP contribution in [0, 0.1) is 0 Å². The summed E-state index contributed by atoms with van der Waals surface area (Å²) in [6, 6.07) is 24.0. The molecule has 522 valence electrons. The molecule has 5 N–H and O–H groups in total. The number of hydrogen-bond acceptors (Lipinski definition) is 23. The summed E-state index contributed by atoms with van der Waals surface area (Å²) in [5, 5.41) is 10.1. The first kappa shape index (κ1) is 73.7. The van der Waals surface area contributed by atoms with Crippen LogP contribution in [0.2, 0.25) is 15.5 Å². The predicted molar refractivity (Wildman–Crippen MR) is 383 cm³/mol. The van der Waals surface area contributed by atoms with Crippen molar-refractivity contribution in [1.29, 1.82) is 0 Å². The number of amides is 1. The summed E-state index contributed by atoms with van der Waals surface area (Å²) >= 11 is 18.0. The number of morpholine rings is 4. The Morgan fingerprint density at radius 3 is 1.29 bits per heavy atom. The van der Waals surface area contributed by atoms with Gasteiger partial charge in [-0.3, -0.25) is 19.2 Å². The van der Waals surface area contributed by atoms with Gasteiger partial charge in [0, 0.05) is 120 Å². The maximum absolute atomic E-state index is 11.8. The van der Waals surface area contributed by atoms with Crippen LogP contribution < -0.4 is 41.3 Å². The Morgan fingerprint density at radius 2 is 0.856 bits per heavy atom. The number of nitrogens with two attached hydrogens (primary N) is 1. The van der Waals surface area contributed by atoms with Gasteiger partial charge in [-0.1, -0.05) is 53.7 Å². The molecular weight excluding hydrogens is 1300 g/mol. The van der Waals surface area contributed by atoms with Gasteiger partial charge in [0.1, 0.15) is 17.0 Å². The first-order valence-electron chi connectivity index (χ1n) is 33.5. The van der Waals surface area contributed by atoms with Crippen LogP contribution in [-0.2, 0) is 60.6 Å². The number of rotatable bonds is 19. The molecule has 4 saturated heterocycles. The second-order valence-electron chi connectivity index (χ2n) is 25.9. The largest absolute Gasteiger partial charge is 0.460 e. The Balaban J connectivity index is 0.000000156. The Labute approximate surface area is 582 Å². The van der Waals surface area contributed by atoms with Crippen molar-refractivity contribution in [2.45, 2.75) is 117 Å². The molecule has 0 unspecified atom stereocenters. The molecule has 12 rings (SSSR count). The molecule has 1 amide bonds. The second-order valence-corrected chi connectivity index (χ2v) is 26.9. The number of ketones is 1. The molecule has 0 bridgehead atoms. The molecule has 97 heavy (non-hydrogen) atoms. The smallest absolute Gasteiger partial charge is 0.306 e. The van der Waals surface area contributed by atoms with Crippen LogP contribution in [0.5, 0.6) is 0 Å². The number of carbonyl (C=O) groups excluding carboxylic acids is 4. The lowest BCUT2D eigenvalue weighted by Gasteiger charge is -2.30. The van der Waals surface area contributed by atoms with Crippen LogP contribution in [0.1, 0.15) is 104 Å². The Morgan fingerprint density at radius 1 is 0.485 bits per heavy atom. The quantitative estimate of drug-likeness (QED) is 0.0333. The number of unbranched alkanes of at least 4 members (excludes halogenated alkanes) is 4. The minimum Gasteiger partial charge on any atom is -0.460 e. The number of aromatic nitrogens is 6. The molecule has 3 aromatic heterocycles. The molecule has 4 aromatic carbocycles. The molecular formula is C70H91Cl3N14O10. The normalized spacial score (nSPS) is 15.9. The van der Waals surface area contributed by atoms with Crippen molar-refractivity contribution in [2.75, 3.05) is 154 Å². The van der Waals surface area contributed by atoms with E-state index in [4.69, 9.17) is 78.9 Å². The summed E-state index contributed by atoms with van der Waals surface area (Å²) in [4.78, 5) is 82.3. The van der Waals surface area contributed by atoms with E-state index in [0.29, 0.717) is 30.4 Å². The molecule has 0 spiro atoms. The lowest BCUT2D eigenvalue weighted by Crippen LogP contribution is -2.36. The molecule has 0 aliphatic carbocycles. The summed E-state index contributed by atoms with van der Waals surface area (Å²) in [6.07, 6.45) is 6.41. The molecule has 4 fully saturated rings. The summed E-state index contributed by atoms with van der Waals surface area (Å²) in [5.41, 5.74) is 16.7. The average molecular weight is 1390 g/mol. The first-order chi connectivity index (χ1) is 46.6. The SMILES string of the molecule is CC(C)(C)OC(=O)CCCCCNc1nc2cc(N3CCOCC3)ccc2nc1CN.CC(C)(C)OC(=O)CCCCCNc1nc2cc(N3CCOCC3)ccc2nc1Cl.Clc1nc2ccc(N3CCOCC3)cc2nc1Cl.O=C1Cc2ccc(N3CCOCC3)cc2NC1=O. The van der Waals surface area contributed by atoms with Crippen LogP contribution in [0.25, 0.3) is 33.1 Å². The first-order valence-corrected chi connectivity index (χ1v) is 34.6. The van der Waals surface area contributed by atoms with E-state index in [-0.39, 0.29) is 34.4 Å². The van der Waals surface area contributed by atoms with Gasteiger partial charge >= 0.3 is 11.9 Å². The fourth-order valence-electron chi connectivity index (χ4n) is 11.2.